The summed E-state index contributed by atoms with van der Waals surface area (Å²) >= 11 is 0. The van der Waals surface area contributed by atoms with Gasteiger partial charge < -0.3 is 5.11 Å². The molecule has 0 fully saturated rings. The standard InChI is InChI=1S/C16H11FO3/c17-14-8-1-11(2-9-14)3-10-15(18)12-4-6-13(7-5-12)16(19)20/h1-10H,(H,19,20). The van der Waals surface area contributed by atoms with Crippen LogP contribution in [0.15, 0.2) is 54.6 Å². The van der Waals surface area contributed by atoms with Gasteiger partial charge in [-0.05, 0) is 35.9 Å². The summed E-state index contributed by atoms with van der Waals surface area (Å²) in [6.07, 6.45) is 2.94. The fourth-order valence-electron chi connectivity index (χ4n) is 1.62. The first-order valence-corrected chi connectivity index (χ1v) is 5.87. The first-order valence-electron chi connectivity index (χ1n) is 5.87. The lowest BCUT2D eigenvalue weighted by atomic mass is 10.1. The van der Waals surface area contributed by atoms with E-state index < -0.39 is 5.97 Å². The fraction of sp³-hybridized carbons (Fsp3) is 0. The molecule has 0 radical (unpaired) electrons. The molecule has 2 aromatic carbocycles. The van der Waals surface area contributed by atoms with Crippen LogP contribution < -0.4 is 0 Å². The smallest absolute Gasteiger partial charge is 0.335 e. The molecule has 0 bridgehead atoms. The van der Waals surface area contributed by atoms with E-state index in [1.165, 1.54) is 42.5 Å². The fourth-order valence-corrected chi connectivity index (χ4v) is 1.62. The van der Waals surface area contributed by atoms with Crippen molar-refractivity contribution in [2.45, 2.75) is 0 Å². The maximum Gasteiger partial charge on any atom is 0.335 e. The van der Waals surface area contributed by atoms with Crippen LogP contribution in [-0.2, 0) is 0 Å². The van der Waals surface area contributed by atoms with Crippen LogP contribution in [0, 0.1) is 5.82 Å². The minimum atomic E-state index is -1.04. The van der Waals surface area contributed by atoms with E-state index in [0.717, 1.165) is 0 Å². The zero-order valence-electron chi connectivity index (χ0n) is 10.4. The van der Waals surface area contributed by atoms with Gasteiger partial charge >= 0.3 is 5.97 Å². The van der Waals surface area contributed by atoms with Crippen LogP contribution in [-0.4, -0.2) is 16.9 Å². The Balaban J connectivity index is 2.11. The average Bonchev–Trinajstić information content (AvgIpc) is 2.46. The van der Waals surface area contributed by atoms with Gasteiger partial charge in [0.25, 0.3) is 0 Å². The van der Waals surface area contributed by atoms with Crippen LogP contribution in [0.2, 0.25) is 0 Å². The van der Waals surface area contributed by atoms with Gasteiger partial charge in [0.05, 0.1) is 5.56 Å². The second kappa shape index (κ2) is 5.93. The molecule has 0 aliphatic rings. The SMILES string of the molecule is O=C(O)c1ccc(C(=O)C=Cc2ccc(F)cc2)cc1. The van der Waals surface area contributed by atoms with Gasteiger partial charge in [-0.15, -0.1) is 0 Å². The molecule has 4 heteroatoms. The summed E-state index contributed by atoms with van der Waals surface area (Å²) in [7, 11) is 0. The number of carboxylic acids is 1. The second-order valence-corrected chi connectivity index (χ2v) is 4.13. The van der Waals surface area contributed by atoms with Gasteiger partial charge in [0.15, 0.2) is 5.78 Å². The monoisotopic (exact) mass is 270 g/mol. The van der Waals surface area contributed by atoms with Crippen molar-refractivity contribution in [2.75, 3.05) is 0 Å². The third kappa shape index (κ3) is 3.38. The summed E-state index contributed by atoms with van der Waals surface area (Å²) in [6.45, 7) is 0. The molecule has 0 aromatic heterocycles. The molecule has 3 nitrogen and oxygen atoms in total. The number of carbonyl (C=O) groups is 2. The molecule has 0 heterocycles. The molecule has 0 amide bonds. The Hall–Kier alpha value is -2.75. The van der Waals surface area contributed by atoms with Gasteiger partial charge in [0.1, 0.15) is 5.82 Å². The van der Waals surface area contributed by atoms with Gasteiger partial charge in [-0.1, -0.05) is 30.3 Å². The Labute approximate surface area is 115 Å². The Morgan fingerprint density at radius 1 is 0.900 bits per heavy atom. The molecule has 2 aromatic rings. The number of halogens is 1. The van der Waals surface area contributed by atoms with Crippen LogP contribution in [0.4, 0.5) is 4.39 Å². The molecule has 0 aliphatic carbocycles. The third-order valence-corrected chi connectivity index (χ3v) is 2.71. The maximum absolute atomic E-state index is 12.7. The minimum absolute atomic E-state index is 0.129. The molecule has 100 valence electrons. The molecular formula is C16H11FO3. The Bertz CT molecular complexity index is 655. The van der Waals surface area contributed by atoms with Gasteiger partial charge in [-0.3, -0.25) is 4.79 Å². The number of hydrogen-bond acceptors (Lipinski definition) is 2. The molecule has 0 unspecified atom stereocenters. The molecule has 0 saturated carbocycles. The quantitative estimate of drug-likeness (QED) is 0.684. The Morgan fingerprint density at radius 3 is 2.00 bits per heavy atom. The number of hydrogen-bond donors (Lipinski definition) is 1. The van der Waals surface area contributed by atoms with Crippen molar-refractivity contribution in [1.82, 2.24) is 0 Å². The number of allylic oxidation sites excluding steroid dienone is 1. The van der Waals surface area contributed by atoms with E-state index in [0.29, 0.717) is 11.1 Å². The van der Waals surface area contributed by atoms with Crippen molar-refractivity contribution in [3.05, 3.63) is 77.1 Å². The van der Waals surface area contributed by atoms with Gasteiger partial charge in [0, 0.05) is 5.56 Å². The summed E-state index contributed by atoms with van der Waals surface area (Å²) in [6, 6.07) is 11.4. The lowest BCUT2D eigenvalue weighted by molar-refractivity contribution is 0.0696. The largest absolute Gasteiger partial charge is 0.478 e. The summed E-state index contributed by atoms with van der Waals surface area (Å²) in [4.78, 5) is 22.5. The van der Waals surface area contributed by atoms with Crippen molar-refractivity contribution in [1.29, 1.82) is 0 Å². The highest BCUT2D eigenvalue weighted by Crippen LogP contribution is 2.09. The highest BCUT2D eigenvalue weighted by atomic mass is 19.1. The molecule has 0 saturated heterocycles. The van der Waals surface area contributed by atoms with Gasteiger partial charge in [-0.25, -0.2) is 9.18 Å². The number of ketones is 1. The third-order valence-electron chi connectivity index (χ3n) is 2.71. The van der Waals surface area contributed by atoms with Crippen molar-refractivity contribution in [3.8, 4) is 0 Å². The summed E-state index contributed by atoms with van der Waals surface area (Å²) in [5, 5.41) is 8.76. The van der Waals surface area contributed by atoms with Crippen molar-refractivity contribution in [3.63, 3.8) is 0 Å². The molecule has 0 atom stereocenters. The van der Waals surface area contributed by atoms with Crippen LogP contribution in [0.25, 0.3) is 6.08 Å². The first-order chi connectivity index (χ1) is 9.56. The number of rotatable bonds is 4. The molecule has 1 N–H and O–H groups in total. The normalized spacial score (nSPS) is 10.7. The zero-order chi connectivity index (χ0) is 14.5. The minimum Gasteiger partial charge on any atom is -0.478 e. The highest BCUT2D eigenvalue weighted by Gasteiger charge is 2.05. The predicted molar refractivity (Wildman–Crippen MR) is 73.2 cm³/mol. The Kier molecular flexibility index (Phi) is 4.05. The number of carbonyl (C=O) groups excluding carboxylic acids is 1. The lowest BCUT2D eigenvalue weighted by Gasteiger charge is -1.98. The topological polar surface area (TPSA) is 54.4 Å². The number of aromatic carboxylic acids is 1. The van der Waals surface area contributed by atoms with E-state index in [-0.39, 0.29) is 17.2 Å². The van der Waals surface area contributed by atoms with Crippen molar-refractivity contribution >= 4 is 17.8 Å². The Morgan fingerprint density at radius 2 is 1.45 bits per heavy atom. The summed E-state index contributed by atoms with van der Waals surface area (Å²) < 4.78 is 12.7. The molecule has 20 heavy (non-hydrogen) atoms. The van der Waals surface area contributed by atoms with Crippen LogP contribution in [0.3, 0.4) is 0 Å². The van der Waals surface area contributed by atoms with E-state index in [4.69, 9.17) is 5.11 Å². The van der Waals surface area contributed by atoms with E-state index in [1.807, 2.05) is 0 Å². The molecule has 0 spiro atoms. The van der Waals surface area contributed by atoms with Crippen LogP contribution >= 0.6 is 0 Å². The van der Waals surface area contributed by atoms with Crippen LogP contribution in [0.1, 0.15) is 26.3 Å². The second-order valence-electron chi connectivity index (χ2n) is 4.13. The number of carboxylic acid groups (broad SMARTS) is 1. The van der Waals surface area contributed by atoms with E-state index in [9.17, 15) is 14.0 Å². The van der Waals surface area contributed by atoms with E-state index >= 15 is 0 Å². The van der Waals surface area contributed by atoms with Gasteiger partial charge in [0.2, 0.25) is 0 Å². The lowest BCUT2D eigenvalue weighted by Crippen LogP contribution is -1.98. The van der Waals surface area contributed by atoms with Crippen molar-refractivity contribution in [2.24, 2.45) is 0 Å². The summed E-state index contributed by atoms with van der Waals surface area (Å²) in [5.74, 6) is -1.62. The maximum atomic E-state index is 12.7. The molecule has 2 rings (SSSR count). The molecular weight excluding hydrogens is 259 g/mol. The predicted octanol–water partition coefficient (Wildman–Crippen LogP) is 3.42. The first kappa shape index (κ1) is 13.7. The highest BCUT2D eigenvalue weighted by molar-refractivity contribution is 6.07. The van der Waals surface area contributed by atoms with Crippen molar-refractivity contribution < 1.29 is 19.1 Å². The number of benzene rings is 2. The van der Waals surface area contributed by atoms with Crippen LogP contribution in [0.5, 0.6) is 0 Å². The van der Waals surface area contributed by atoms with E-state index in [2.05, 4.69) is 0 Å². The zero-order valence-corrected chi connectivity index (χ0v) is 10.4. The summed E-state index contributed by atoms with van der Waals surface area (Å²) in [5.41, 5.74) is 1.24. The van der Waals surface area contributed by atoms with Gasteiger partial charge in [-0.2, -0.15) is 0 Å². The van der Waals surface area contributed by atoms with E-state index in [1.54, 1.807) is 18.2 Å². The molecule has 0 aliphatic heterocycles. The average molecular weight is 270 g/mol.